The fourth-order valence-corrected chi connectivity index (χ4v) is 3.00. The first-order valence-electron chi connectivity index (χ1n) is 10.2. The Morgan fingerprint density at radius 2 is 1.50 bits per heavy atom. The van der Waals surface area contributed by atoms with E-state index < -0.39 is 11.8 Å². The van der Waals surface area contributed by atoms with Gasteiger partial charge in [-0.3, -0.25) is 9.59 Å². The lowest BCUT2D eigenvalue weighted by atomic mass is 10.1. The minimum Gasteiger partial charge on any atom is -0.493 e. The van der Waals surface area contributed by atoms with Crippen LogP contribution in [-0.4, -0.2) is 32.6 Å². The lowest BCUT2D eigenvalue weighted by Crippen LogP contribution is -2.36. The summed E-state index contributed by atoms with van der Waals surface area (Å²) in [5.41, 5.74) is 2.53. The molecule has 0 saturated carbocycles. The number of amides is 2. The molecule has 0 aliphatic heterocycles. The summed E-state index contributed by atoms with van der Waals surface area (Å²) in [5, 5.41) is 5.20. The fraction of sp³-hybridized carbons (Fsp3) is 0.200. The first-order chi connectivity index (χ1) is 15.6. The van der Waals surface area contributed by atoms with Crippen LogP contribution in [0.5, 0.6) is 17.2 Å². The molecule has 3 aromatic carbocycles. The number of methoxy groups -OCH3 is 2. The van der Waals surface area contributed by atoms with Gasteiger partial charge in [-0.15, -0.1) is 0 Å². The molecule has 7 nitrogen and oxygen atoms in total. The summed E-state index contributed by atoms with van der Waals surface area (Å²) in [6, 6.07) is 22.2. The van der Waals surface area contributed by atoms with E-state index in [1.54, 1.807) is 44.6 Å². The highest BCUT2D eigenvalue weighted by atomic mass is 16.5. The van der Waals surface area contributed by atoms with E-state index in [0.29, 0.717) is 42.5 Å². The number of benzene rings is 3. The van der Waals surface area contributed by atoms with Crippen LogP contribution < -0.4 is 24.8 Å². The normalized spacial score (nSPS) is 10.2. The Morgan fingerprint density at radius 3 is 2.19 bits per heavy atom. The third-order valence-corrected chi connectivity index (χ3v) is 4.71. The maximum atomic E-state index is 12.1. The van der Waals surface area contributed by atoms with E-state index in [9.17, 15) is 9.59 Å². The van der Waals surface area contributed by atoms with Crippen molar-refractivity contribution in [3.05, 3.63) is 83.9 Å². The minimum atomic E-state index is -0.727. The SMILES string of the molecule is COc1ccc(CCNC(=O)C(=O)Nc2ccc(OCc3ccccc3)cc2)cc1OC. The Kier molecular flexibility index (Phi) is 8.09. The predicted molar refractivity (Wildman–Crippen MR) is 122 cm³/mol. The molecule has 3 aromatic rings. The second-order valence-corrected chi connectivity index (χ2v) is 6.95. The zero-order chi connectivity index (χ0) is 22.8. The van der Waals surface area contributed by atoms with Crippen molar-refractivity contribution in [3.8, 4) is 17.2 Å². The second-order valence-electron chi connectivity index (χ2n) is 6.95. The summed E-state index contributed by atoms with van der Waals surface area (Å²) in [5.74, 6) is 0.498. The summed E-state index contributed by atoms with van der Waals surface area (Å²) >= 11 is 0. The van der Waals surface area contributed by atoms with Gasteiger partial charge in [-0.1, -0.05) is 36.4 Å². The van der Waals surface area contributed by atoms with Crippen molar-refractivity contribution in [1.82, 2.24) is 5.32 Å². The molecule has 0 aromatic heterocycles. The quantitative estimate of drug-likeness (QED) is 0.503. The maximum Gasteiger partial charge on any atom is 0.313 e. The standard InChI is InChI=1S/C25H26N2O5/c1-30-22-13-8-18(16-23(22)31-2)14-15-26-24(28)25(29)27-20-9-11-21(12-10-20)32-17-19-6-4-3-5-7-19/h3-13,16H,14-15,17H2,1-2H3,(H,26,28)(H,27,29). The van der Waals surface area contributed by atoms with E-state index >= 15 is 0 Å². The van der Waals surface area contributed by atoms with E-state index in [4.69, 9.17) is 14.2 Å². The molecule has 166 valence electrons. The largest absolute Gasteiger partial charge is 0.493 e. The summed E-state index contributed by atoms with van der Waals surface area (Å²) in [7, 11) is 3.14. The molecule has 32 heavy (non-hydrogen) atoms. The number of carbonyl (C=O) groups excluding carboxylic acids is 2. The number of rotatable bonds is 9. The average molecular weight is 434 g/mol. The van der Waals surface area contributed by atoms with Crippen LogP contribution in [0.25, 0.3) is 0 Å². The molecular formula is C25H26N2O5. The van der Waals surface area contributed by atoms with Crippen molar-refractivity contribution in [2.75, 3.05) is 26.1 Å². The first kappa shape index (κ1) is 22.7. The van der Waals surface area contributed by atoms with Crippen molar-refractivity contribution in [2.45, 2.75) is 13.0 Å². The third kappa shape index (κ3) is 6.50. The highest BCUT2D eigenvalue weighted by Crippen LogP contribution is 2.27. The van der Waals surface area contributed by atoms with Crippen LogP contribution in [0.1, 0.15) is 11.1 Å². The fourth-order valence-electron chi connectivity index (χ4n) is 3.00. The van der Waals surface area contributed by atoms with Gasteiger partial charge in [-0.25, -0.2) is 0 Å². The van der Waals surface area contributed by atoms with Crippen molar-refractivity contribution in [1.29, 1.82) is 0 Å². The Bertz CT molecular complexity index is 1040. The summed E-state index contributed by atoms with van der Waals surface area (Å²) in [6.45, 7) is 0.767. The summed E-state index contributed by atoms with van der Waals surface area (Å²) < 4.78 is 16.2. The van der Waals surface area contributed by atoms with Gasteiger partial charge in [-0.05, 0) is 53.9 Å². The van der Waals surface area contributed by atoms with Crippen molar-refractivity contribution < 1.29 is 23.8 Å². The van der Waals surface area contributed by atoms with Crippen LogP contribution in [0.2, 0.25) is 0 Å². The molecule has 3 rings (SSSR count). The zero-order valence-electron chi connectivity index (χ0n) is 18.1. The number of carbonyl (C=O) groups is 2. The smallest absolute Gasteiger partial charge is 0.313 e. The Hall–Kier alpha value is -4.00. The molecule has 0 bridgehead atoms. The highest BCUT2D eigenvalue weighted by Gasteiger charge is 2.13. The average Bonchev–Trinajstić information content (AvgIpc) is 2.84. The molecule has 0 unspecified atom stereocenters. The van der Waals surface area contributed by atoms with Crippen LogP contribution >= 0.6 is 0 Å². The minimum absolute atomic E-state index is 0.313. The molecule has 0 spiro atoms. The Morgan fingerprint density at radius 1 is 0.781 bits per heavy atom. The molecule has 0 saturated heterocycles. The molecular weight excluding hydrogens is 408 g/mol. The van der Waals surface area contributed by atoms with Crippen LogP contribution in [0.15, 0.2) is 72.8 Å². The number of anilines is 1. The lowest BCUT2D eigenvalue weighted by molar-refractivity contribution is -0.136. The van der Waals surface area contributed by atoms with Gasteiger partial charge in [0.2, 0.25) is 0 Å². The molecule has 0 heterocycles. The molecule has 0 atom stereocenters. The van der Waals surface area contributed by atoms with Crippen molar-refractivity contribution >= 4 is 17.5 Å². The first-order valence-corrected chi connectivity index (χ1v) is 10.2. The molecule has 7 heteroatoms. The Labute approximate surface area is 187 Å². The number of ether oxygens (including phenoxy) is 3. The molecule has 0 radical (unpaired) electrons. The van der Waals surface area contributed by atoms with E-state index in [-0.39, 0.29) is 0 Å². The van der Waals surface area contributed by atoms with E-state index in [0.717, 1.165) is 11.1 Å². The monoisotopic (exact) mass is 434 g/mol. The summed E-state index contributed by atoms with van der Waals surface area (Å²) in [4.78, 5) is 24.2. The predicted octanol–water partition coefficient (Wildman–Crippen LogP) is 3.58. The second kappa shape index (κ2) is 11.4. The van der Waals surface area contributed by atoms with Gasteiger partial charge in [-0.2, -0.15) is 0 Å². The van der Waals surface area contributed by atoms with Crippen LogP contribution in [0.3, 0.4) is 0 Å². The van der Waals surface area contributed by atoms with Gasteiger partial charge in [0.25, 0.3) is 0 Å². The van der Waals surface area contributed by atoms with Crippen molar-refractivity contribution in [3.63, 3.8) is 0 Å². The van der Waals surface area contributed by atoms with Crippen LogP contribution in [-0.2, 0) is 22.6 Å². The molecule has 0 fully saturated rings. The zero-order valence-corrected chi connectivity index (χ0v) is 18.1. The molecule has 0 aliphatic carbocycles. The number of hydrogen-bond donors (Lipinski definition) is 2. The maximum absolute atomic E-state index is 12.1. The third-order valence-electron chi connectivity index (χ3n) is 4.71. The number of hydrogen-bond acceptors (Lipinski definition) is 5. The molecule has 0 aliphatic rings. The number of nitrogens with one attached hydrogen (secondary N) is 2. The highest BCUT2D eigenvalue weighted by molar-refractivity contribution is 6.39. The lowest BCUT2D eigenvalue weighted by Gasteiger charge is -2.10. The van der Waals surface area contributed by atoms with Gasteiger partial charge in [0, 0.05) is 12.2 Å². The van der Waals surface area contributed by atoms with Crippen molar-refractivity contribution in [2.24, 2.45) is 0 Å². The van der Waals surface area contributed by atoms with E-state index in [2.05, 4.69) is 10.6 Å². The summed E-state index contributed by atoms with van der Waals surface area (Å²) in [6.07, 6.45) is 0.548. The van der Waals surface area contributed by atoms with Gasteiger partial charge in [0.15, 0.2) is 11.5 Å². The van der Waals surface area contributed by atoms with Crippen LogP contribution in [0.4, 0.5) is 5.69 Å². The molecule has 2 amide bonds. The van der Waals surface area contributed by atoms with Gasteiger partial charge < -0.3 is 24.8 Å². The Balaban J connectivity index is 1.43. The van der Waals surface area contributed by atoms with Crippen LogP contribution in [0, 0.1) is 0 Å². The topological polar surface area (TPSA) is 85.9 Å². The van der Waals surface area contributed by atoms with Gasteiger partial charge >= 0.3 is 11.8 Å². The van der Waals surface area contributed by atoms with Gasteiger partial charge in [0.1, 0.15) is 12.4 Å². The van der Waals surface area contributed by atoms with E-state index in [1.165, 1.54) is 0 Å². The molecule has 2 N–H and O–H groups in total. The van der Waals surface area contributed by atoms with Gasteiger partial charge in [0.05, 0.1) is 14.2 Å². The van der Waals surface area contributed by atoms with E-state index in [1.807, 2.05) is 42.5 Å².